The Bertz CT molecular complexity index is 673. The van der Waals surface area contributed by atoms with Crippen molar-refractivity contribution in [3.05, 3.63) is 47.8 Å². The van der Waals surface area contributed by atoms with Gasteiger partial charge in [-0.15, -0.1) is 0 Å². The minimum atomic E-state index is -0.0677. The van der Waals surface area contributed by atoms with Crippen LogP contribution in [0.5, 0.6) is 0 Å². The predicted octanol–water partition coefficient (Wildman–Crippen LogP) is 2.48. The van der Waals surface area contributed by atoms with Crippen LogP contribution < -0.4 is 5.32 Å². The van der Waals surface area contributed by atoms with Crippen molar-refractivity contribution < 1.29 is 9.90 Å². The molecule has 128 valence electrons. The third-order valence-corrected chi connectivity index (χ3v) is 4.47. The number of hydrogen-bond acceptors (Lipinski definition) is 3. The summed E-state index contributed by atoms with van der Waals surface area (Å²) in [5.41, 5.74) is 3.08. The standard InChI is InChI=1S/C18H24N4O2/c1-14-10-19-22(11-14)12-15-2-4-17(5-3-15)20-18(24)21-8-6-16(13-23)7-9-21/h2-5,10-11,16,23H,6-9,12-13H2,1H3,(H,20,24). The van der Waals surface area contributed by atoms with Crippen molar-refractivity contribution in [1.29, 1.82) is 0 Å². The number of likely N-dealkylation sites (tertiary alicyclic amines) is 1. The first kappa shape index (κ1) is 16.5. The van der Waals surface area contributed by atoms with Crippen molar-refractivity contribution in [2.45, 2.75) is 26.3 Å². The number of anilines is 1. The van der Waals surface area contributed by atoms with E-state index in [2.05, 4.69) is 10.4 Å². The topological polar surface area (TPSA) is 70.4 Å². The van der Waals surface area contributed by atoms with Gasteiger partial charge in [-0.3, -0.25) is 4.68 Å². The van der Waals surface area contributed by atoms with E-state index in [1.807, 2.05) is 53.2 Å². The summed E-state index contributed by atoms with van der Waals surface area (Å²) in [6.45, 7) is 4.36. The van der Waals surface area contributed by atoms with E-state index in [0.717, 1.165) is 36.2 Å². The lowest BCUT2D eigenvalue weighted by molar-refractivity contribution is 0.143. The molecule has 0 radical (unpaired) electrons. The summed E-state index contributed by atoms with van der Waals surface area (Å²) >= 11 is 0. The van der Waals surface area contributed by atoms with Gasteiger partial charge in [-0.05, 0) is 48.9 Å². The number of hydrogen-bond donors (Lipinski definition) is 2. The van der Waals surface area contributed by atoms with Gasteiger partial charge >= 0.3 is 6.03 Å². The number of nitrogens with zero attached hydrogens (tertiary/aromatic N) is 3. The third kappa shape index (κ3) is 4.14. The van der Waals surface area contributed by atoms with Crippen molar-refractivity contribution in [1.82, 2.24) is 14.7 Å². The van der Waals surface area contributed by atoms with Crippen LogP contribution >= 0.6 is 0 Å². The molecular weight excluding hydrogens is 304 g/mol. The molecule has 0 saturated carbocycles. The monoisotopic (exact) mass is 328 g/mol. The zero-order chi connectivity index (χ0) is 16.9. The van der Waals surface area contributed by atoms with Crippen LogP contribution in [0.1, 0.15) is 24.0 Å². The maximum atomic E-state index is 12.3. The number of aliphatic hydroxyl groups excluding tert-OH is 1. The Balaban J connectivity index is 1.53. The van der Waals surface area contributed by atoms with Crippen molar-refractivity contribution in [2.24, 2.45) is 5.92 Å². The predicted molar refractivity (Wildman–Crippen MR) is 92.9 cm³/mol. The Labute approximate surface area is 142 Å². The number of aromatic nitrogens is 2. The highest BCUT2D eigenvalue weighted by molar-refractivity contribution is 5.89. The smallest absolute Gasteiger partial charge is 0.321 e. The molecule has 1 aliphatic heterocycles. The number of rotatable bonds is 4. The molecule has 0 bridgehead atoms. The van der Waals surface area contributed by atoms with Crippen LogP contribution in [0.2, 0.25) is 0 Å². The van der Waals surface area contributed by atoms with Gasteiger partial charge in [-0.25, -0.2) is 4.79 Å². The molecular formula is C18H24N4O2. The van der Waals surface area contributed by atoms with Crippen LogP contribution in [-0.4, -0.2) is 45.5 Å². The molecule has 1 fully saturated rings. The summed E-state index contributed by atoms with van der Waals surface area (Å²) in [7, 11) is 0. The second-order valence-electron chi connectivity index (χ2n) is 6.46. The van der Waals surface area contributed by atoms with E-state index < -0.39 is 0 Å². The first-order chi connectivity index (χ1) is 11.6. The average molecular weight is 328 g/mol. The summed E-state index contributed by atoms with van der Waals surface area (Å²) in [6.07, 6.45) is 5.58. The molecule has 3 rings (SSSR count). The molecule has 24 heavy (non-hydrogen) atoms. The van der Waals surface area contributed by atoms with Gasteiger partial charge in [0.15, 0.2) is 0 Å². The van der Waals surface area contributed by atoms with Crippen LogP contribution in [0.3, 0.4) is 0 Å². The Morgan fingerprint density at radius 2 is 2.00 bits per heavy atom. The number of aliphatic hydroxyl groups is 1. The maximum absolute atomic E-state index is 12.3. The molecule has 0 aliphatic carbocycles. The van der Waals surface area contributed by atoms with Crippen molar-refractivity contribution in [2.75, 3.05) is 25.0 Å². The molecule has 0 atom stereocenters. The fourth-order valence-electron chi connectivity index (χ4n) is 2.96. The highest BCUT2D eigenvalue weighted by atomic mass is 16.3. The minimum Gasteiger partial charge on any atom is -0.396 e. The highest BCUT2D eigenvalue weighted by Gasteiger charge is 2.22. The molecule has 1 saturated heterocycles. The van der Waals surface area contributed by atoms with E-state index in [-0.39, 0.29) is 12.6 Å². The molecule has 6 heteroatoms. The number of carbonyl (C=O) groups excluding carboxylic acids is 1. The zero-order valence-electron chi connectivity index (χ0n) is 14.0. The van der Waals surface area contributed by atoms with E-state index in [4.69, 9.17) is 5.11 Å². The van der Waals surface area contributed by atoms with Gasteiger partial charge < -0.3 is 15.3 Å². The second kappa shape index (κ2) is 7.49. The number of aryl methyl sites for hydroxylation is 1. The summed E-state index contributed by atoms with van der Waals surface area (Å²) in [6, 6.07) is 7.78. The molecule has 0 spiro atoms. The van der Waals surface area contributed by atoms with Crippen LogP contribution in [0.25, 0.3) is 0 Å². The van der Waals surface area contributed by atoms with Gasteiger partial charge in [0, 0.05) is 31.6 Å². The van der Waals surface area contributed by atoms with Crippen LogP contribution in [0.4, 0.5) is 10.5 Å². The molecule has 2 heterocycles. The quantitative estimate of drug-likeness (QED) is 0.906. The average Bonchev–Trinajstić information content (AvgIpc) is 3.01. The zero-order valence-corrected chi connectivity index (χ0v) is 14.0. The number of piperidine rings is 1. The summed E-state index contributed by atoms with van der Waals surface area (Å²) in [5.74, 6) is 0.333. The maximum Gasteiger partial charge on any atom is 0.321 e. The van der Waals surface area contributed by atoms with Gasteiger partial charge in [0.2, 0.25) is 0 Å². The van der Waals surface area contributed by atoms with Gasteiger partial charge in [-0.1, -0.05) is 12.1 Å². The fourth-order valence-corrected chi connectivity index (χ4v) is 2.96. The Kier molecular flexibility index (Phi) is 5.15. The SMILES string of the molecule is Cc1cnn(Cc2ccc(NC(=O)N3CCC(CO)CC3)cc2)c1. The Morgan fingerprint density at radius 3 is 2.58 bits per heavy atom. The largest absolute Gasteiger partial charge is 0.396 e. The van der Waals surface area contributed by atoms with Gasteiger partial charge in [0.1, 0.15) is 0 Å². The second-order valence-corrected chi connectivity index (χ2v) is 6.46. The molecule has 1 aliphatic rings. The Morgan fingerprint density at radius 1 is 1.29 bits per heavy atom. The van der Waals surface area contributed by atoms with Crippen molar-refractivity contribution in [3.63, 3.8) is 0 Å². The number of nitrogens with one attached hydrogen (secondary N) is 1. The molecule has 2 aromatic rings. The summed E-state index contributed by atoms with van der Waals surface area (Å²) in [4.78, 5) is 14.1. The first-order valence-electron chi connectivity index (χ1n) is 8.39. The molecule has 1 aromatic carbocycles. The van der Waals surface area contributed by atoms with E-state index in [0.29, 0.717) is 19.0 Å². The minimum absolute atomic E-state index is 0.0677. The summed E-state index contributed by atoms with van der Waals surface area (Å²) < 4.78 is 1.90. The number of carbonyl (C=O) groups is 1. The molecule has 6 nitrogen and oxygen atoms in total. The first-order valence-corrected chi connectivity index (χ1v) is 8.39. The van der Waals surface area contributed by atoms with Gasteiger partial charge in [0.25, 0.3) is 0 Å². The molecule has 1 aromatic heterocycles. The molecule has 2 N–H and O–H groups in total. The third-order valence-electron chi connectivity index (χ3n) is 4.47. The lowest BCUT2D eigenvalue weighted by Gasteiger charge is -2.31. The van der Waals surface area contributed by atoms with E-state index in [1.165, 1.54) is 0 Å². The number of benzene rings is 1. The van der Waals surface area contributed by atoms with E-state index >= 15 is 0 Å². The number of amides is 2. The van der Waals surface area contributed by atoms with Crippen molar-refractivity contribution >= 4 is 11.7 Å². The van der Waals surface area contributed by atoms with Crippen molar-refractivity contribution in [3.8, 4) is 0 Å². The normalized spacial score (nSPS) is 15.5. The van der Waals surface area contributed by atoms with Gasteiger partial charge in [0.05, 0.1) is 12.7 Å². The summed E-state index contributed by atoms with van der Waals surface area (Å²) in [5, 5.41) is 16.4. The van der Waals surface area contributed by atoms with Crippen LogP contribution in [-0.2, 0) is 6.54 Å². The lowest BCUT2D eigenvalue weighted by Crippen LogP contribution is -2.41. The molecule has 0 unspecified atom stereocenters. The van der Waals surface area contributed by atoms with Gasteiger partial charge in [-0.2, -0.15) is 5.10 Å². The highest BCUT2D eigenvalue weighted by Crippen LogP contribution is 2.18. The lowest BCUT2D eigenvalue weighted by atomic mass is 9.98. The fraction of sp³-hybridized carbons (Fsp3) is 0.444. The van der Waals surface area contributed by atoms with E-state index in [1.54, 1.807) is 0 Å². The Hall–Kier alpha value is -2.34. The van der Waals surface area contributed by atoms with Crippen LogP contribution in [0, 0.1) is 12.8 Å². The van der Waals surface area contributed by atoms with Crippen LogP contribution in [0.15, 0.2) is 36.7 Å². The number of urea groups is 1. The molecule has 2 amide bonds. The van der Waals surface area contributed by atoms with E-state index in [9.17, 15) is 4.79 Å².